The molecule has 2 unspecified atom stereocenters. The van der Waals surface area contributed by atoms with Crippen LogP contribution in [0.25, 0.3) is 0 Å². The van der Waals surface area contributed by atoms with Crippen molar-refractivity contribution in [1.82, 2.24) is 15.5 Å². The van der Waals surface area contributed by atoms with Crippen molar-refractivity contribution in [3.63, 3.8) is 0 Å². The molecule has 1 aliphatic rings. The van der Waals surface area contributed by atoms with Crippen molar-refractivity contribution in [2.45, 2.75) is 71.5 Å². The number of hydrogen-bond acceptors (Lipinski definition) is 4. The van der Waals surface area contributed by atoms with Crippen molar-refractivity contribution in [1.29, 1.82) is 0 Å². The van der Waals surface area contributed by atoms with Crippen LogP contribution in [-0.2, 0) is 4.79 Å². The van der Waals surface area contributed by atoms with Crippen molar-refractivity contribution in [2.75, 3.05) is 27.2 Å². The first-order valence-electron chi connectivity index (χ1n) is 11.5. The van der Waals surface area contributed by atoms with Crippen LogP contribution in [0, 0.1) is 0 Å². The van der Waals surface area contributed by atoms with Gasteiger partial charge in [-0.3, -0.25) is 4.79 Å². The molecule has 1 rings (SSSR count). The van der Waals surface area contributed by atoms with Crippen LogP contribution in [0.4, 0.5) is 4.39 Å². The summed E-state index contributed by atoms with van der Waals surface area (Å²) in [6.45, 7) is 16.0. The smallest absolute Gasteiger partial charge is 0.155 e. The number of nitrogens with one attached hydrogen (secondary N) is 2. The molecule has 2 N–H and O–H groups in total. The molecule has 0 bridgehead atoms. The van der Waals surface area contributed by atoms with E-state index < -0.39 is 6.17 Å². The zero-order valence-corrected chi connectivity index (χ0v) is 20.2. The first-order chi connectivity index (χ1) is 14.7. The fourth-order valence-electron chi connectivity index (χ4n) is 3.61. The first kappa shape index (κ1) is 26.9. The Hall–Kier alpha value is -2.14. The molecule has 0 amide bonds. The summed E-state index contributed by atoms with van der Waals surface area (Å²) < 4.78 is 13.4. The van der Waals surface area contributed by atoms with Gasteiger partial charge in [-0.1, -0.05) is 45.1 Å². The van der Waals surface area contributed by atoms with Crippen LogP contribution < -0.4 is 10.6 Å². The summed E-state index contributed by atoms with van der Waals surface area (Å²) in [5.41, 5.74) is 4.47. The second-order valence-electron chi connectivity index (χ2n) is 8.45. The Balaban J connectivity index is 3.02. The van der Waals surface area contributed by atoms with Gasteiger partial charge in [0.25, 0.3) is 0 Å². The van der Waals surface area contributed by atoms with Crippen LogP contribution in [0.3, 0.4) is 0 Å². The number of carbonyl (C=O) groups excluding carboxylic acids is 1. The Bertz CT molecular complexity index is 720. The van der Waals surface area contributed by atoms with Gasteiger partial charge in [0, 0.05) is 50.1 Å². The molecule has 0 spiro atoms. The van der Waals surface area contributed by atoms with E-state index >= 15 is 0 Å². The summed E-state index contributed by atoms with van der Waals surface area (Å²) >= 11 is 0. The topological polar surface area (TPSA) is 44.4 Å². The molecule has 0 aromatic carbocycles. The number of hydrogen-bond donors (Lipinski definition) is 2. The van der Waals surface area contributed by atoms with Crippen LogP contribution >= 0.6 is 0 Å². The number of rotatable bonds is 14. The second kappa shape index (κ2) is 14.0. The standard InChI is InChI=1S/C26H42FN3O/c1-8-10-24(28-6)17-30(7)18-26(20(4)19(3)15-25(31)9-2)21(5)29-16-22-11-13-23(27)14-12-22/h11,15,18,23-24,28-29H,4-5,8-10,12-14,16-17H2,1-3,6-7H3/b19-15+,26-18+. The summed E-state index contributed by atoms with van der Waals surface area (Å²) in [5.74, 6) is 0.0799. The molecular formula is C26H42FN3O. The van der Waals surface area contributed by atoms with Gasteiger partial charge < -0.3 is 15.5 Å². The molecule has 174 valence electrons. The fourth-order valence-corrected chi connectivity index (χ4v) is 3.61. The predicted octanol–water partition coefficient (Wildman–Crippen LogP) is 5.22. The van der Waals surface area contributed by atoms with Gasteiger partial charge in [0.2, 0.25) is 0 Å². The minimum absolute atomic E-state index is 0.0799. The Morgan fingerprint density at radius 1 is 1.39 bits per heavy atom. The molecule has 0 aromatic heterocycles. The highest BCUT2D eigenvalue weighted by Crippen LogP contribution is 2.24. The van der Waals surface area contributed by atoms with E-state index in [0.29, 0.717) is 31.8 Å². The molecule has 1 aliphatic carbocycles. The highest BCUT2D eigenvalue weighted by molar-refractivity contribution is 5.91. The van der Waals surface area contributed by atoms with E-state index in [1.54, 1.807) is 6.08 Å². The van der Waals surface area contributed by atoms with E-state index in [0.717, 1.165) is 48.2 Å². The molecule has 0 aliphatic heterocycles. The average Bonchev–Trinajstić information content (AvgIpc) is 2.75. The number of halogens is 1. The summed E-state index contributed by atoms with van der Waals surface area (Å²) in [6, 6.07) is 0.390. The van der Waals surface area contributed by atoms with Gasteiger partial charge in [0.15, 0.2) is 5.78 Å². The Kier molecular flexibility index (Phi) is 12.2. The maximum atomic E-state index is 13.4. The molecular weight excluding hydrogens is 389 g/mol. The average molecular weight is 432 g/mol. The Morgan fingerprint density at radius 3 is 2.65 bits per heavy atom. The quantitative estimate of drug-likeness (QED) is 0.225. The van der Waals surface area contributed by atoms with Crippen molar-refractivity contribution >= 4 is 5.78 Å². The lowest BCUT2D eigenvalue weighted by Crippen LogP contribution is -2.35. The van der Waals surface area contributed by atoms with Crippen molar-refractivity contribution in [2.24, 2.45) is 0 Å². The molecule has 5 heteroatoms. The van der Waals surface area contributed by atoms with Gasteiger partial charge in [-0.05, 0) is 56.9 Å². The van der Waals surface area contributed by atoms with Crippen LogP contribution in [0.1, 0.15) is 59.3 Å². The van der Waals surface area contributed by atoms with Gasteiger partial charge in [-0.25, -0.2) is 4.39 Å². The molecule has 2 atom stereocenters. The van der Waals surface area contributed by atoms with Crippen LogP contribution in [0.5, 0.6) is 0 Å². The van der Waals surface area contributed by atoms with Gasteiger partial charge >= 0.3 is 0 Å². The van der Waals surface area contributed by atoms with Crippen LogP contribution in [0.2, 0.25) is 0 Å². The Morgan fingerprint density at radius 2 is 2.10 bits per heavy atom. The number of alkyl halides is 1. The van der Waals surface area contributed by atoms with Crippen molar-refractivity contribution < 1.29 is 9.18 Å². The molecule has 31 heavy (non-hydrogen) atoms. The summed E-state index contributed by atoms with van der Waals surface area (Å²) in [6.07, 6.45) is 9.51. The number of ketones is 1. The molecule has 0 saturated heterocycles. The van der Waals surface area contributed by atoms with Crippen molar-refractivity contribution in [3.8, 4) is 0 Å². The second-order valence-corrected chi connectivity index (χ2v) is 8.45. The maximum Gasteiger partial charge on any atom is 0.155 e. The SMILES string of the molecule is C=C(NCC1=CCC(F)CC1)/C(=C/N(C)CC(CCC)NC)C(=C)/C(C)=C/C(=O)CC. The van der Waals surface area contributed by atoms with E-state index in [4.69, 9.17) is 0 Å². The maximum absolute atomic E-state index is 13.4. The zero-order chi connectivity index (χ0) is 23.4. The van der Waals surface area contributed by atoms with E-state index in [2.05, 4.69) is 41.8 Å². The monoisotopic (exact) mass is 431 g/mol. The zero-order valence-electron chi connectivity index (χ0n) is 20.2. The highest BCUT2D eigenvalue weighted by atomic mass is 19.1. The third-order valence-corrected chi connectivity index (χ3v) is 5.73. The lowest BCUT2D eigenvalue weighted by molar-refractivity contribution is -0.114. The summed E-state index contributed by atoms with van der Waals surface area (Å²) in [4.78, 5) is 14.1. The van der Waals surface area contributed by atoms with Crippen LogP contribution in [-0.4, -0.2) is 50.1 Å². The van der Waals surface area contributed by atoms with Gasteiger partial charge in [0.1, 0.15) is 6.17 Å². The summed E-state index contributed by atoms with van der Waals surface area (Å²) in [7, 11) is 4.03. The summed E-state index contributed by atoms with van der Waals surface area (Å²) in [5, 5.41) is 6.77. The molecule has 0 saturated carbocycles. The lowest BCUT2D eigenvalue weighted by atomic mass is 9.96. The Labute approximate surface area is 189 Å². The van der Waals surface area contributed by atoms with E-state index in [1.165, 1.54) is 5.57 Å². The van der Waals surface area contributed by atoms with E-state index in [1.807, 2.05) is 34.0 Å². The fraction of sp³-hybridized carbons (Fsp3) is 0.577. The number of nitrogens with zero attached hydrogens (tertiary/aromatic N) is 1. The molecule has 0 aromatic rings. The van der Waals surface area contributed by atoms with Gasteiger partial charge in [-0.2, -0.15) is 0 Å². The largest absolute Gasteiger partial charge is 0.381 e. The number of likely N-dealkylation sites (N-methyl/N-ethyl adjacent to an activating group) is 2. The predicted molar refractivity (Wildman–Crippen MR) is 131 cm³/mol. The molecule has 0 heterocycles. The highest BCUT2D eigenvalue weighted by Gasteiger charge is 2.16. The minimum atomic E-state index is -0.719. The van der Waals surface area contributed by atoms with Gasteiger partial charge in [0.05, 0.1) is 0 Å². The minimum Gasteiger partial charge on any atom is -0.381 e. The van der Waals surface area contributed by atoms with Crippen LogP contribution in [0.15, 0.2) is 59.5 Å². The molecule has 4 nitrogen and oxygen atoms in total. The first-order valence-corrected chi connectivity index (χ1v) is 11.5. The lowest BCUT2D eigenvalue weighted by Gasteiger charge is -2.25. The normalized spacial score (nSPS) is 18.3. The van der Waals surface area contributed by atoms with E-state index in [-0.39, 0.29) is 5.78 Å². The van der Waals surface area contributed by atoms with Crippen molar-refractivity contribution in [3.05, 3.63) is 59.5 Å². The molecule has 0 radical (unpaired) electrons. The van der Waals surface area contributed by atoms with Gasteiger partial charge in [-0.15, -0.1) is 0 Å². The third-order valence-electron chi connectivity index (χ3n) is 5.73. The number of carbonyl (C=O) groups is 1. The van der Waals surface area contributed by atoms with E-state index in [9.17, 15) is 9.18 Å². The molecule has 0 fully saturated rings. The number of allylic oxidation sites excluding steroid dienone is 4. The third kappa shape index (κ3) is 9.69.